The quantitative estimate of drug-likeness (QED) is 0.807. The van der Waals surface area contributed by atoms with E-state index in [1.54, 1.807) is 0 Å². The number of pyridine rings is 1. The fraction of sp³-hybridized carbons (Fsp3) is 0.737. The van der Waals surface area contributed by atoms with Gasteiger partial charge < -0.3 is 4.98 Å². The summed E-state index contributed by atoms with van der Waals surface area (Å²) in [6.45, 7) is 4.20. The van der Waals surface area contributed by atoms with Crippen LogP contribution in [0.1, 0.15) is 98.6 Å². The minimum absolute atomic E-state index is 0.391. The highest BCUT2D eigenvalue weighted by atomic mass is 16.1. The van der Waals surface area contributed by atoms with Crippen molar-refractivity contribution in [2.24, 2.45) is 0 Å². The Balaban J connectivity index is 2.01. The van der Waals surface area contributed by atoms with Gasteiger partial charge in [-0.1, -0.05) is 38.5 Å². The predicted octanol–water partition coefficient (Wildman–Crippen LogP) is 5.09. The lowest BCUT2D eigenvalue weighted by Gasteiger charge is -2.27. The third kappa shape index (κ3) is 2.95. The molecule has 0 atom stereocenters. The van der Waals surface area contributed by atoms with E-state index in [9.17, 15) is 4.79 Å². The number of aryl methyl sites for hydroxylation is 2. The summed E-state index contributed by atoms with van der Waals surface area (Å²) in [6, 6.07) is 0. The van der Waals surface area contributed by atoms with Crippen LogP contribution in [0, 0.1) is 13.8 Å². The highest BCUT2D eigenvalue weighted by Gasteiger charge is 2.26. The Hall–Kier alpha value is -1.05. The van der Waals surface area contributed by atoms with Crippen LogP contribution in [0.25, 0.3) is 0 Å². The van der Waals surface area contributed by atoms with Crippen LogP contribution < -0.4 is 5.43 Å². The van der Waals surface area contributed by atoms with Crippen molar-refractivity contribution in [1.82, 2.24) is 4.98 Å². The normalized spacial score (nSPS) is 21.6. The molecule has 0 saturated heterocycles. The standard InChI is InChI=1S/C19H29NO/c1-13-17(15-9-5-3-6-10-15)19(21)18(14(2)20-13)16-11-7-4-8-12-16/h15-16H,3-12H2,1-2H3,(H,20,21). The molecule has 0 spiro atoms. The summed E-state index contributed by atoms with van der Waals surface area (Å²) >= 11 is 0. The third-order valence-electron chi connectivity index (χ3n) is 5.70. The second kappa shape index (κ2) is 6.37. The molecule has 116 valence electrons. The van der Waals surface area contributed by atoms with Gasteiger partial charge in [0.1, 0.15) is 0 Å². The van der Waals surface area contributed by atoms with Crippen molar-refractivity contribution in [3.8, 4) is 0 Å². The van der Waals surface area contributed by atoms with E-state index in [0.717, 1.165) is 22.5 Å². The molecule has 0 amide bonds. The van der Waals surface area contributed by atoms with Gasteiger partial charge in [0.05, 0.1) is 0 Å². The zero-order chi connectivity index (χ0) is 14.8. The molecule has 1 aromatic rings. The Morgan fingerprint density at radius 1 is 0.714 bits per heavy atom. The van der Waals surface area contributed by atoms with E-state index < -0.39 is 0 Å². The Morgan fingerprint density at radius 2 is 1.10 bits per heavy atom. The molecule has 2 aliphatic rings. The summed E-state index contributed by atoms with van der Waals surface area (Å²) in [5.41, 5.74) is 4.90. The average Bonchev–Trinajstić information content (AvgIpc) is 2.49. The van der Waals surface area contributed by atoms with Crippen LogP contribution in [0.3, 0.4) is 0 Å². The summed E-state index contributed by atoms with van der Waals surface area (Å²) in [4.78, 5) is 16.7. The fourth-order valence-electron chi connectivity index (χ4n) is 4.67. The molecule has 2 saturated carbocycles. The molecule has 0 bridgehead atoms. The fourth-order valence-corrected chi connectivity index (χ4v) is 4.67. The van der Waals surface area contributed by atoms with Gasteiger partial charge in [0.2, 0.25) is 0 Å². The van der Waals surface area contributed by atoms with Gasteiger partial charge in [0.15, 0.2) is 5.43 Å². The number of rotatable bonds is 2. The lowest BCUT2D eigenvalue weighted by atomic mass is 9.79. The SMILES string of the molecule is Cc1[nH]c(C)c(C2CCCCC2)c(=O)c1C1CCCCC1. The van der Waals surface area contributed by atoms with Crippen LogP contribution >= 0.6 is 0 Å². The first-order chi connectivity index (χ1) is 10.2. The van der Waals surface area contributed by atoms with Gasteiger partial charge in [0.25, 0.3) is 0 Å². The Bertz CT molecular complexity index is 500. The number of hydrogen-bond donors (Lipinski definition) is 1. The van der Waals surface area contributed by atoms with E-state index in [2.05, 4.69) is 18.8 Å². The maximum atomic E-state index is 13.2. The smallest absolute Gasteiger partial charge is 0.189 e. The Morgan fingerprint density at radius 3 is 1.48 bits per heavy atom. The van der Waals surface area contributed by atoms with Crippen LogP contribution in [-0.4, -0.2) is 4.98 Å². The van der Waals surface area contributed by atoms with E-state index in [-0.39, 0.29) is 0 Å². The molecular formula is C19H29NO. The second-order valence-corrected chi connectivity index (χ2v) is 7.20. The number of aromatic amines is 1. The summed E-state index contributed by atoms with van der Waals surface area (Å²) in [5, 5.41) is 0. The molecule has 21 heavy (non-hydrogen) atoms. The molecule has 1 aromatic heterocycles. The molecule has 0 aliphatic heterocycles. The van der Waals surface area contributed by atoms with E-state index in [4.69, 9.17) is 0 Å². The molecule has 2 fully saturated rings. The van der Waals surface area contributed by atoms with E-state index in [1.807, 2.05) is 0 Å². The van der Waals surface area contributed by atoms with Crippen LogP contribution in [-0.2, 0) is 0 Å². The minimum atomic E-state index is 0.391. The third-order valence-corrected chi connectivity index (χ3v) is 5.70. The number of H-pyrrole nitrogens is 1. The molecule has 3 rings (SSSR count). The number of nitrogens with one attached hydrogen (secondary N) is 1. The molecule has 1 N–H and O–H groups in total. The highest BCUT2D eigenvalue weighted by molar-refractivity contribution is 5.35. The molecule has 2 aliphatic carbocycles. The Kier molecular flexibility index (Phi) is 4.51. The van der Waals surface area contributed by atoms with Gasteiger partial charge in [-0.2, -0.15) is 0 Å². The lowest BCUT2D eigenvalue weighted by molar-refractivity contribution is 0.428. The first-order valence-corrected chi connectivity index (χ1v) is 8.91. The van der Waals surface area contributed by atoms with Crippen molar-refractivity contribution in [2.75, 3.05) is 0 Å². The van der Waals surface area contributed by atoms with Gasteiger partial charge in [-0.3, -0.25) is 4.79 Å². The zero-order valence-corrected chi connectivity index (χ0v) is 13.6. The predicted molar refractivity (Wildman–Crippen MR) is 88.2 cm³/mol. The first kappa shape index (κ1) is 14.9. The Labute approximate surface area is 128 Å². The number of hydrogen-bond acceptors (Lipinski definition) is 1. The van der Waals surface area contributed by atoms with Gasteiger partial charge in [-0.05, 0) is 51.4 Å². The summed E-state index contributed by atoms with van der Waals surface area (Å²) in [6.07, 6.45) is 12.7. The summed E-state index contributed by atoms with van der Waals surface area (Å²) < 4.78 is 0. The van der Waals surface area contributed by atoms with Crippen molar-refractivity contribution in [3.63, 3.8) is 0 Å². The van der Waals surface area contributed by atoms with Crippen molar-refractivity contribution < 1.29 is 0 Å². The van der Waals surface area contributed by atoms with Gasteiger partial charge in [-0.25, -0.2) is 0 Å². The van der Waals surface area contributed by atoms with Crippen LogP contribution in [0.5, 0.6) is 0 Å². The maximum Gasteiger partial charge on any atom is 0.189 e. The molecule has 0 radical (unpaired) electrons. The maximum absolute atomic E-state index is 13.2. The van der Waals surface area contributed by atoms with Crippen molar-refractivity contribution in [2.45, 2.75) is 89.9 Å². The molecule has 0 unspecified atom stereocenters. The second-order valence-electron chi connectivity index (χ2n) is 7.20. The molecule has 2 nitrogen and oxygen atoms in total. The topological polar surface area (TPSA) is 32.9 Å². The van der Waals surface area contributed by atoms with Crippen molar-refractivity contribution >= 4 is 0 Å². The van der Waals surface area contributed by atoms with Crippen molar-refractivity contribution in [3.05, 3.63) is 32.7 Å². The van der Waals surface area contributed by atoms with Crippen LogP contribution in [0.4, 0.5) is 0 Å². The molecule has 1 heterocycles. The monoisotopic (exact) mass is 287 g/mol. The summed E-state index contributed by atoms with van der Waals surface area (Å²) in [5.74, 6) is 1.01. The number of aromatic nitrogens is 1. The summed E-state index contributed by atoms with van der Waals surface area (Å²) in [7, 11) is 0. The zero-order valence-electron chi connectivity index (χ0n) is 13.6. The van der Waals surface area contributed by atoms with Gasteiger partial charge >= 0.3 is 0 Å². The lowest BCUT2D eigenvalue weighted by Crippen LogP contribution is -2.26. The van der Waals surface area contributed by atoms with E-state index >= 15 is 0 Å². The largest absolute Gasteiger partial charge is 0.362 e. The molecule has 2 heteroatoms. The average molecular weight is 287 g/mol. The van der Waals surface area contributed by atoms with Gasteiger partial charge in [-0.15, -0.1) is 0 Å². The van der Waals surface area contributed by atoms with Crippen LogP contribution in [0.2, 0.25) is 0 Å². The minimum Gasteiger partial charge on any atom is -0.362 e. The van der Waals surface area contributed by atoms with Gasteiger partial charge in [0, 0.05) is 22.5 Å². The highest BCUT2D eigenvalue weighted by Crippen LogP contribution is 2.36. The van der Waals surface area contributed by atoms with Crippen LogP contribution in [0.15, 0.2) is 4.79 Å². The molecular weight excluding hydrogens is 258 g/mol. The molecule has 0 aromatic carbocycles. The van der Waals surface area contributed by atoms with E-state index in [0.29, 0.717) is 17.3 Å². The van der Waals surface area contributed by atoms with Crippen molar-refractivity contribution in [1.29, 1.82) is 0 Å². The van der Waals surface area contributed by atoms with E-state index in [1.165, 1.54) is 64.2 Å². The first-order valence-electron chi connectivity index (χ1n) is 8.91.